The molecule has 1 aromatic rings. The molecule has 22 heavy (non-hydrogen) atoms. The van der Waals surface area contributed by atoms with Crippen LogP contribution in [0.2, 0.25) is 0 Å². The van der Waals surface area contributed by atoms with E-state index in [1.165, 1.54) is 7.05 Å². The maximum absolute atomic E-state index is 11.5. The standard InChI is InChI=1S/C16H24BNO4/c1-10-8-12(9-13(11(10)2)20-14(19)18-7)17-21-15(3,4)16(5,6)22-17/h8-9H,1-7H3,(H,18,19). The summed E-state index contributed by atoms with van der Waals surface area (Å²) in [6.07, 6.45) is -0.492. The smallest absolute Gasteiger partial charge is 0.410 e. The van der Waals surface area contributed by atoms with Gasteiger partial charge in [0.2, 0.25) is 0 Å². The van der Waals surface area contributed by atoms with E-state index < -0.39 is 24.4 Å². The van der Waals surface area contributed by atoms with Crippen molar-refractivity contribution in [1.82, 2.24) is 5.32 Å². The van der Waals surface area contributed by atoms with Crippen LogP contribution in [0.4, 0.5) is 4.79 Å². The molecule has 1 N–H and O–H groups in total. The average Bonchev–Trinajstić information content (AvgIpc) is 2.63. The van der Waals surface area contributed by atoms with Gasteiger partial charge in [-0.05, 0) is 64.2 Å². The van der Waals surface area contributed by atoms with Gasteiger partial charge in [-0.1, -0.05) is 6.07 Å². The van der Waals surface area contributed by atoms with Crippen molar-refractivity contribution in [2.45, 2.75) is 52.7 Å². The summed E-state index contributed by atoms with van der Waals surface area (Å²) < 4.78 is 17.4. The van der Waals surface area contributed by atoms with E-state index in [9.17, 15) is 4.79 Å². The Morgan fingerprint density at radius 3 is 2.18 bits per heavy atom. The number of nitrogens with one attached hydrogen (secondary N) is 1. The molecule has 0 saturated carbocycles. The fourth-order valence-electron chi connectivity index (χ4n) is 2.23. The first-order valence-corrected chi connectivity index (χ1v) is 7.44. The van der Waals surface area contributed by atoms with Gasteiger partial charge in [0.25, 0.3) is 0 Å². The molecule has 0 unspecified atom stereocenters. The third-order valence-electron chi connectivity index (χ3n) is 4.57. The molecule has 0 aromatic heterocycles. The van der Waals surface area contributed by atoms with Crippen molar-refractivity contribution in [2.75, 3.05) is 7.05 Å². The van der Waals surface area contributed by atoms with Gasteiger partial charge in [-0.25, -0.2) is 4.79 Å². The van der Waals surface area contributed by atoms with Gasteiger partial charge in [-0.15, -0.1) is 0 Å². The van der Waals surface area contributed by atoms with Crippen LogP contribution in [-0.2, 0) is 9.31 Å². The van der Waals surface area contributed by atoms with Gasteiger partial charge < -0.3 is 19.4 Å². The van der Waals surface area contributed by atoms with Crippen molar-refractivity contribution in [3.05, 3.63) is 23.3 Å². The topological polar surface area (TPSA) is 56.8 Å². The second kappa shape index (κ2) is 5.59. The average molecular weight is 305 g/mol. The fourth-order valence-corrected chi connectivity index (χ4v) is 2.23. The zero-order valence-electron chi connectivity index (χ0n) is 14.4. The van der Waals surface area contributed by atoms with Crippen LogP contribution in [0.15, 0.2) is 12.1 Å². The summed E-state index contributed by atoms with van der Waals surface area (Å²) >= 11 is 0. The zero-order valence-corrected chi connectivity index (χ0v) is 14.4. The molecule has 1 saturated heterocycles. The highest BCUT2D eigenvalue weighted by molar-refractivity contribution is 6.62. The highest BCUT2D eigenvalue weighted by Crippen LogP contribution is 2.37. The van der Waals surface area contributed by atoms with Crippen molar-refractivity contribution in [2.24, 2.45) is 0 Å². The highest BCUT2D eigenvalue weighted by Gasteiger charge is 2.51. The van der Waals surface area contributed by atoms with Gasteiger partial charge in [-0.2, -0.15) is 0 Å². The number of amides is 1. The number of rotatable bonds is 2. The predicted molar refractivity (Wildman–Crippen MR) is 86.7 cm³/mol. The van der Waals surface area contributed by atoms with E-state index in [1.54, 1.807) is 6.07 Å². The molecule has 1 aliphatic heterocycles. The van der Waals surface area contributed by atoms with Crippen molar-refractivity contribution in [3.8, 4) is 5.75 Å². The molecule has 1 fully saturated rings. The fraction of sp³-hybridized carbons (Fsp3) is 0.562. The molecule has 6 heteroatoms. The third kappa shape index (κ3) is 2.98. The molecule has 0 bridgehead atoms. The lowest BCUT2D eigenvalue weighted by molar-refractivity contribution is 0.00578. The molecule has 0 aliphatic carbocycles. The summed E-state index contributed by atoms with van der Waals surface area (Å²) in [5, 5.41) is 2.45. The number of hydrogen-bond acceptors (Lipinski definition) is 4. The van der Waals surface area contributed by atoms with Gasteiger partial charge in [0, 0.05) is 7.05 Å². The highest BCUT2D eigenvalue weighted by atomic mass is 16.7. The number of aryl methyl sites for hydroxylation is 1. The molecule has 1 heterocycles. The zero-order chi connectivity index (χ0) is 16.7. The Labute approximate surface area is 132 Å². The molecule has 5 nitrogen and oxygen atoms in total. The van der Waals surface area contributed by atoms with Gasteiger partial charge in [-0.3, -0.25) is 0 Å². The molecule has 2 rings (SSSR count). The molecule has 1 aromatic carbocycles. The second-order valence-electron chi connectivity index (χ2n) is 6.69. The van der Waals surface area contributed by atoms with Crippen molar-refractivity contribution < 1.29 is 18.8 Å². The Morgan fingerprint density at radius 2 is 1.68 bits per heavy atom. The predicted octanol–water partition coefficient (Wildman–Crippen LogP) is 2.32. The number of hydrogen-bond donors (Lipinski definition) is 1. The van der Waals surface area contributed by atoms with Crippen LogP contribution in [0, 0.1) is 13.8 Å². The van der Waals surface area contributed by atoms with Crippen LogP contribution in [-0.4, -0.2) is 31.5 Å². The lowest BCUT2D eigenvalue weighted by Crippen LogP contribution is -2.41. The molecule has 0 spiro atoms. The first-order chi connectivity index (χ1) is 10.1. The van der Waals surface area contributed by atoms with Gasteiger partial charge in [0.15, 0.2) is 0 Å². The summed E-state index contributed by atoms with van der Waals surface area (Å²) in [5.41, 5.74) is 1.98. The van der Waals surface area contributed by atoms with Crippen LogP contribution in [0.25, 0.3) is 0 Å². The van der Waals surface area contributed by atoms with Crippen LogP contribution < -0.4 is 15.5 Å². The summed E-state index contributed by atoms with van der Waals surface area (Å²) in [5.74, 6) is 0.518. The summed E-state index contributed by atoms with van der Waals surface area (Å²) in [6.45, 7) is 11.9. The normalized spacial score (nSPS) is 19.1. The number of ether oxygens (including phenoxy) is 1. The first kappa shape index (κ1) is 16.8. The van der Waals surface area contributed by atoms with Crippen LogP contribution in [0.1, 0.15) is 38.8 Å². The maximum Gasteiger partial charge on any atom is 0.494 e. The van der Waals surface area contributed by atoms with Gasteiger partial charge in [0.1, 0.15) is 5.75 Å². The van der Waals surface area contributed by atoms with Gasteiger partial charge in [0.05, 0.1) is 11.2 Å². The summed E-state index contributed by atoms with van der Waals surface area (Å²) in [6, 6.07) is 3.81. The van der Waals surface area contributed by atoms with E-state index in [2.05, 4.69) is 5.32 Å². The number of benzene rings is 1. The van der Waals surface area contributed by atoms with E-state index in [0.717, 1.165) is 16.6 Å². The number of carbonyl (C=O) groups is 1. The lowest BCUT2D eigenvalue weighted by atomic mass is 9.77. The summed E-state index contributed by atoms with van der Waals surface area (Å²) in [7, 11) is 1.05. The molecule has 0 atom stereocenters. The lowest BCUT2D eigenvalue weighted by Gasteiger charge is -2.32. The molecular formula is C16H24BNO4. The molecule has 1 amide bonds. The minimum Gasteiger partial charge on any atom is -0.410 e. The minimum absolute atomic E-state index is 0.404. The van der Waals surface area contributed by atoms with E-state index in [0.29, 0.717) is 5.75 Å². The molecule has 120 valence electrons. The second-order valence-corrected chi connectivity index (χ2v) is 6.69. The van der Waals surface area contributed by atoms with E-state index >= 15 is 0 Å². The van der Waals surface area contributed by atoms with Crippen LogP contribution in [0.5, 0.6) is 5.75 Å². The Kier molecular flexibility index (Phi) is 4.28. The van der Waals surface area contributed by atoms with E-state index in [1.807, 2.05) is 47.6 Å². The minimum atomic E-state index is -0.492. The SMILES string of the molecule is CNC(=O)Oc1cc(B2OC(C)(C)C(C)(C)O2)cc(C)c1C. The van der Waals surface area contributed by atoms with Gasteiger partial charge >= 0.3 is 13.2 Å². The van der Waals surface area contributed by atoms with Crippen molar-refractivity contribution in [3.63, 3.8) is 0 Å². The largest absolute Gasteiger partial charge is 0.494 e. The Morgan fingerprint density at radius 1 is 1.14 bits per heavy atom. The third-order valence-corrected chi connectivity index (χ3v) is 4.57. The monoisotopic (exact) mass is 305 g/mol. The summed E-state index contributed by atoms with van der Waals surface area (Å²) in [4.78, 5) is 11.5. The molecule has 0 radical (unpaired) electrons. The Bertz CT molecular complexity index is 582. The molecular weight excluding hydrogens is 281 g/mol. The Balaban J connectivity index is 2.35. The van der Waals surface area contributed by atoms with E-state index in [-0.39, 0.29) is 0 Å². The van der Waals surface area contributed by atoms with E-state index in [4.69, 9.17) is 14.0 Å². The van der Waals surface area contributed by atoms with Crippen molar-refractivity contribution in [1.29, 1.82) is 0 Å². The maximum atomic E-state index is 11.5. The quantitative estimate of drug-likeness (QED) is 0.852. The molecule has 1 aliphatic rings. The van der Waals surface area contributed by atoms with Crippen LogP contribution >= 0.6 is 0 Å². The Hall–Kier alpha value is -1.53. The van der Waals surface area contributed by atoms with Crippen molar-refractivity contribution >= 4 is 18.7 Å². The van der Waals surface area contributed by atoms with Crippen LogP contribution in [0.3, 0.4) is 0 Å². The number of carbonyl (C=O) groups excluding carboxylic acids is 1. The first-order valence-electron chi connectivity index (χ1n) is 7.44.